The Kier molecular flexibility index (Phi) is 10.2. The molecule has 0 aliphatic carbocycles. The highest BCUT2D eigenvalue weighted by atomic mass is 16.4. The normalized spacial score (nSPS) is 11.0. The van der Waals surface area contributed by atoms with Crippen molar-refractivity contribution in [3.63, 3.8) is 0 Å². The predicted molar refractivity (Wildman–Crippen MR) is 76.1 cm³/mol. The van der Waals surface area contributed by atoms with Gasteiger partial charge in [0.25, 0.3) is 0 Å². The Bertz CT molecular complexity index is 267. The van der Waals surface area contributed by atoms with Crippen LogP contribution in [0.15, 0.2) is 0 Å². The first-order valence-electron chi connectivity index (χ1n) is 7.16. The molecule has 5 nitrogen and oxygen atoms in total. The van der Waals surface area contributed by atoms with E-state index < -0.39 is 5.97 Å². The molecule has 0 fully saturated rings. The van der Waals surface area contributed by atoms with Crippen LogP contribution in [0.4, 0.5) is 0 Å². The first kappa shape index (κ1) is 17.9. The van der Waals surface area contributed by atoms with Gasteiger partial charge in [-0.15, -0.1) is 0 Å². The van der Waals surface area contributed by atoms with Crippen molar-refractivity contribution in [2.45, 2.75) is 46.5 Å². The van der Waals surface area contributed by atoms with E-state index in [0.717, 1.165) is 25.8 Å². The third kappa shape index (κ3) is 11.7. The van der Waals surface area contributed by atoms with Crippen LogP contribution in [0.1, 0.15) is 46.5 Å². The molecule has 0 spiro atoms. The van der Waals surface area contributed by atoms with E-state index in [0.29, 0.717) is 25.6 Å². The van der Waals surface area contributed by atoms with Crippen molar-refractivity contribution in [2.24, 2.45) is 5.92 Å². The molecule has 0 radical (unpaired) electrons. The molecule has 0 aliphatic heterocycles. The molecule has 0 heterocycles. The first-order valence-corrected chi connectivity index (χ1v) is 7.16. The number of unbranched alkanes of at least 4 members (excludes halogenated alkanes) is 1. The molecule has 0 aliphatic rings. The molecular weight excluding hydrogens is 244 g/mol. The Hall–Kier alpha value is -1.10. The lowest BCUT2D eigenvalue weighted by atomic mass is 10.1. The number of nitrogens with zero attached hydrogens (tertiary/aromatic N) is 1. The van der Waals surface area contributed by atoms with Gasteiger partial charge in [0.2, 0.25) is 5.91 Å². The Balaban J connectivity index is 4.07. The van der Waals surface area contributed by atoms with Crippen molar-refractivity contribution in [3.8, 4) is 0 Å². The molecule has 112 valence electrons. The largest absolute Gasteiger partial charge is 0.481 e. The van der Waals surface area contributed by atoms with Crippen molar-refractivity contribution in [1.29, 1.82) is 0 Å². The minimum absolute atomic E-state index is 0.0115. The maximum Gasteiger partial charge on any atom is 0.304 e. The van der Waals surface area contributed by atoms with Gasteiger partial charge >= 0.3 is 5.97 Å². The first-order chi connectivity index (χ1) is 8.95. The van der Waals surface area contributed by atoms with Crippen molar-refractivity contribution >= 4 is 11.9 Å². The SMILES string of the molecule is CCCCNC(=O)CN(CCC(=O)O)CCC(C)C. The summed E-state index contributed by atoms with van der Waals surface area (Å²) in [6, 6.07) is 0. The van der Waals surface area contributed by atoms with Gasteiger partial charge in [-0.2, -0.15) is 0 Å². The van der Waals surface area contributed by atoms with E-state index in [1.54, 1.807) is 0 Å². The number of carbonyl (C=O) groups is 2. The van der Waals surface area contributed by atoms with Crippen LogP contribution in [0.5, 0.6) is 0 Å². The molecule has 5 heteroatoms. The molecule has 0 aromatic heterocycles. The average Bonchev–Trinajstić information content (AvgIpc) is 2.32. The number of amides is 1. The van der Waals surface area contributed by atoms with Crippen molar-refractivity contribution < 1.29 is 14.7 Å². The number of carboxylic acid groups (broad SMARTS) is 1. The van der Waals surface area contributed by atoms with Gasteiger partial charge in [0.1, 0.15) is 0 Å². The summed E-state index contributed by atoms with van der Waals surface area (Å²) in [5.41, 5.74) is 0. The Labute approximate surface area is 116 Å². The minimum Gasteiger partial charge on any atom is -0.481 e. The van der Waals surface area contributed by atoms with Crippen LogP contribution in [0.25, 0.3) is 0 Å². The molecule has 19 heavy (non-hydrogen) atoms. The number of hydrogen-bond donors (Lipinski definition) is 2. The maximum absolute atomic E-state index is 11.7. The molecule has 0 bridgehead atoms. The van der Waals surface area contributed by atoms with E-state index in [1.807, 2.05) is 4.90 Å². The summed E-state index contributed by atoms with van der Waals surface area (Å²) in [7, 11) is 0. The van der Waals surface area contributed by atoms with Gasteiger partial charge in [0.05, 0.1) is 13.0 Å². The van der Waals surface area contributed by atoms with Gasteiger partial charge in [0.15, 0.2) is 0 Å². The molecular formula is C14H28N2O3. The van der Waals surface area contributed by atoms with E-state index >= 15 is 0 Å². The summed E-state index contributed by atoms with van der Waals surface area (Å²) >= 11 is 0. The summed E-state index contributed by atoms with van der Waals surface area (Å²) in [5.74, 6) is -0.279. The predicted octanol–water partition coefficient (Wildman–Crippen LogP) is 1.73. The average molecular weight is 272 g/mol. The van der Waals surface area contributed by atoms with Gasteiger partial charge in [-0.25, -0.2) is 0 Å². The van der Waals surface area contributed by atoms with Gasteiger partial charge in [-0.1, -0.05) is 27.2 Å². The lowest BCUT2D eigenvalue weighted by Gasteiger charge is -2.21. The monoisotopic (exact) mass is 272 g/mol. The van der Waals surface area contributed by atoms with E-state index in [9.17, 15) is 9.59 Å². The second-order valence-electron chi connectivity index (χ2n) is 5.31. The Morgan fingerprint density at radius 1 is 1.26 bits per heavy atom. The van der Waals surface area contributed by atoms with Crippen LogP contribution in [0.3, 0.4) is 0 Å². The number of hydrogen-bond acceptors (Lipinski definition) is 3. The van der Waals surface area contributed by atoms with Crippen LogP contribution in [-0.4, -0.2) is 48.1 Å². The van der Waals surface area contributed by atoms with E-state index in [4.69, 9.17) is 5.11 Å². The molecule has 0 rings (SSSR count). The summed E-state index contributed by atoms with van der Waals surface area (Å²) in [4.78, 5) is 24.3. The smallest absolute Gasteiger partial charge is 0.304 e. The zero-order valence-electron chi connectivity index (χ0n) is 12.4. The summed E-state index contributed by atoms with van der Waals surface area (Å²) in [6.45, 7) is 8.52. The minimum atomic E-state index is -0.819. The zero-order valence-corrected chi connectivity index (χ0v) is 12.4. The summed E-state index contributed by atoms with van der Waals surface area (Å²) in [6.07, 6.45) is 3.09. The number of rotatable bonds is 11. The topological polar surface area (TPSA) is 69.6 Å². The molecule has 0 saturated carbocycles. The molecule has 0 atom stereocenters. The van der Waals surface area contributed by atoms with Crippen molar-refractivity contribution in [2.75, 3.05) is 26.2 Å². The van der Waals surface area contributed by atoms with Crippen LogP contribution in [0, 0.1) is 5.92 Å². The summed E-state index contributed by atoms with van der Waals surface area (Å²) < 4.78 is 0. The Morgan fingerprint density at radius 2 is 1.95 bits per heavy atom. The van der Waals surface area contributed by atoms with Crippen molar-refractivity contribution in [3.05, 3.63) is 0 Å². The number of nitrogens with one attached hydrogen (secondary N) is 1. The molecule has 0 aromatic rings. The molecule has 0 unspecified atom stereocenters. The third-order valence-corrected chi connectivity index (χ3v) is 2.88. The van der Waals surface area contributed by atoms with E-state index in [2.05, 4.69) is 26.1 Å². The number of carbonyl (C=O) groups excluding carboxylic acids is 1. The van der Waals surface area contributed by atoms with Gasteiger partial charge in [-0.3, -0.25) is 14.5 Å². The summed E-state index contributed by atoms with van der Waals surface area (Å²) in [5, 5.41) is 11.6. The fourth-order valence-corrected chi connectivity index (χ4v) is 1.63. The quantitative estimate of drug-likeness (QED) is 0.562. The fourth-order valence-electron chi connectivity index (χ4n) is 1.63. The van der Waals surface area contributed by atoms with Crippen molar-refractivity contribution in [1.82, 2.24) is 10.2 Å². The molecule has 1 amide bonds. The van der Waals surface area contributed by atoms with Crippen LogP contribution < -0.4 is 5.32 Å². The second-order valence-corrected chi connectivity index (χ2v) is 5.31. The second kappa shape index (κ2) is 10.8. The highest BCUT2D eigenvalue weighted by molar-refractivity contribution is 5.78. The number of aliphatic carboxylic acids is 1. The van der Waals surface area contributed by atoms with Crippen LogP contribution in [-0.2, 0) is 9.59 Å². The van der Waals surface area contributed by atoms with Gasteiger partial charge < -0.3 is 10.4 Å². The van der Waals surface area contributed by atoms with Gasteiger partial charge in [-0.05, 0) is 25.3 Å². The molecule has 0 saturated heterocycles. The maximum atomic E-state index is 11.7. The van der Waals surface area contributed by atoms with Crippen LogP contribution >= 0.6 is 0 Å². The van der Waals surface area contributed by atoms with E-state index in [1.165, 1.54) is 0 Å². The molecule has 2 N–H and O–H groups in total. The highest BCUT2D eigenvalue weighted by Crippen LogP contribution is 2.03. The molecule has 0 aromatic carbocycles. The lowest BCUT2D eigenvalue weighted by Crippen LogP contribution is -2.39. The zero-order chi connectivity index (χ0) is 14.7. The highest BCUT2D eigenvalue weighted by Gasteiger charge is 2.12. The Morgan fingerprint density at radius 3 is 2.47 bits per heavy atom. The van der Waals surface area contributed by atoms with Crippen LogP contribution in [0.2, 0.25) is 0 Å². The third-order valence-electron chi connectivity index (χ3n) is 2.88. The standard InChI is InChI=1S/C14H28N2O3/c1-4-5-8-15-13(17)11-16(9-6-12(2)3)10-7-14(18)19/h12H,4-11H2,1-3H3,(H,15,17)(H,18,19). The van der Waals surface area contributed by atoms with E-state index in [-0.39, 0.29) is 12.3 Å². The fraction of sp³-hybridized carbons (Fsp3) is 0.857. The lowest BCUT2D eigenvalue weighted by molar-refractivity contribution is -0.137. The van der Waals surface area contributed by atoms with Gasteiger partial charge in [0, 0.05) is 13.1 Å². The number of carboxylic acids is 1.